The second-order valence-electron chi connectivity index (χ2n) is 4.13. The highest BCUT2D eigenvalue weighted by Crippen LogP contribution is 2.22. The van der Waals surface area contributed by atoms with Gasteiger partial charge in [-0.05, 0) is 40.3 Å². The second kappa shape index (κ2) is 6.38. The Hall–Kier alpha value is -0.120. The molecule has 0 heterocycles. The van der Waals surface area contributed by atoms with E-state index >= 15 is 0 Å². The van der Waals surface area contributed by atoms with Gasteiger partial charge in [0.05, 0.1) is 6.61 Å². The summed E-state index contributed by atoms with van der Waals surface area (Å²) in [6, 6.07) is 1.49. The van der Waals surface area contributed by atoms with Crippen LogP contribution in [0.25, 0.3) is 0 Å². The Kier molecular flexibility index (Phi) is 5.45. The number of rotatable bonds is 6. The molecule has 3 heteroatoms. The van der Waals surface area contributed by atoms with Crippen molar-refractivity contribution in [1.82, 2.24) is 10.2 Å². The van der Waals surface area contributed by atoms with Gasteiger partial charge in [-0.1, -0.05) is 0 Å². The monoisotopic (exact) mass is 200 g/mol. The van der Waals surface area contributed by atoms with Crippen molar-refractivity contribution in [3.63, 3.8) is 0 Å². The molecular formula is C11H24N2O. The number of hydrogen-bond acceptors (Lipinski definition) is 3. The molecule has 1 rings (SSSR count). The molecule has 0 aromatic carbocycles. The maximum Gasteiger partial charge on any atom is 0.0593 e. The highest BCUT2D eigenvalue weighted by Gasteiger charge is 2.25. The molecule has 3 nitrogen and oxygen atoms in total. The zero-order valence-corrected chi connectivity index (χ0v) is 9.75. The van der Waals surface area contributed by atoms with Crippen LogP contribution < -0.4 is 5.32 Å². The van der Waals surface area contributed by atoms with Crippen molar-refractivity contribution in [3.05, 3.63) is 0 Å². The minimum absolute atomic E-state index is 0.731. The van der Waals surface area contributed by atoms with Crippen molar-refractivity contribution in [2.45, 2.75) is 38.3 Å². The average molecular weight is 200 g/mol. The predicted octanol–water partition coefficient (Wildman–Crippen LogP) is 1.10. The van der Waals surface area contributed by atoms with Crippen LogP contribution in [0.2, 0.25) is 0 Å². The third kappa shape index (κ3) is 3.56. The fourth-order valence-corrected chi connectivity index (χ4v) is 2.16. The topological polar surface area (TPSA) is 24.5 Å². The lowest BCUT2D eigenvalue weighted by Crippen LogP contribution is -2.34. The molecule has 0 spiro atoms. The number of hydrogen-bond donors (Lipinski definition) is 1. The molecule has 1 saturated carbocycles. The molecule has 0 aliphatic heterocycles. The molecule has 14 heavy (non-hydrogen) atoms. The lowest BCUT2D eigenvalue weighted by atomic mass is 10.2. The van der Waals surface area contributed by atoms with Gasteiger partial charge in [0.15, 0.2) is 0 Å². The Balaban J connectivity index is 2.15. The van der Waals surface area contributed by atoms with E-state index in [9.17, 15) is 0 Å². The van der Waals surface area contributed by atoms with E-state index in [0.29, 0.717) is 0 Å². The van der Waals surface area contributed by atoms with Gasteiger partial charge >= 0.3 is 0 Å². The summed E-state index contributed by atoms with van der Waals surface area (Å²) >= 11 is 0. The maximum absolute atomic E-state index is 5.36. The summed E-state index contributed by atoms with van der Waals surface area (Å²) in [7, 11) is 4.27. The Bertz CT molecular complexity index is 152. The van der Waals surface area contributed by atoms with Gasteiger partial charge in [0.1, 0.15) is 0 Å². The van der Waals surface area contributed by atoms with E-state index in [1.807, 2.05) is 6.92 Å². The Labute approximate surface area is 87.8 Å². The molecule has 1 fully saturated rings. The van der Waals surface area contributed by atoms with E-state index in [1.165, 1.54) is 19.3 Å². The quantitative estimate of drug-likeness (QED) is 0.650. The molecule has 0 bridgehead atoms. The fourth-order valence-electron chi connectivity index (χ4n) is 2.16. The minimum Gasteiger partial charge on any atom is -0.380 e. The van der Waals surface area contributed by atoms with Gasteiger partial charge in [0.25, 0.3) is 0 Å². The first kappa shape index (κ1) is 12.0. The van der Waals surface area contributed by atoms with Crippen LogP contribution in [0.5, 0.6) is 0 Å². The van der Waals surface area contributed by atoms with Crippen molar-refractivity contribution in [2.75, 3.05) is 33.9 Å². The van der Waals surface area contributed by atoms with Gasteiger partial charge in [-0.15, -0.1) is 0 Å². The Morgan fingerprint density at radius 2 is 2.21 bits per heavy atom. The van der Waals surface area contributed by atoms with Crippen LogP contribution in [0.3, 0.4) is 0 Å². The van der Waals surface area contributed by atoms with Gasteiger partial charge < -0.3 is 15.0 Å². The van der Waals surface area contributed by atoms with Gasteiger partial charge in [0.2, 0.25) is 0 Å². The van der Waals surface area contributed by atoms with Crippen LogP contribution in [-0.4, -0.2) is 50.8 Å². The summed E-state index contributed by atoms with van der Waals surface area (Å²) in [5, 5.41) is 3.36. The van der Waals surface area contributed by atoms with Crippen molar-refractivity contribution >= 4 is 0 Å². The number of ether oxygens (including phenoxy) is 1. The van der Waals surface area contributed by atoms with Crippen LogP contribution in [0.4, 0.5) is 0 Å². The SMILES string of the molecule is CCOCCN(C)C1CCC(NC)C1. The summed E-state index contributed by atoms with van der Waals surface area (Å²) < 4.78 is 5.36. The number of likely N-dealkylation sites (N-methyl/N-ethyl adjacent to an activating group) is 1. The van der Waals surface area contributed by atoms with Crippen LogP contribution in [0.15, 0.2) is 0 Å². The molecule has 1 N–H and O–H groups in total. The Morgan fingerprint density at radius 1 is 1.43 bits per heavy atom. The van der Waals surface area contributed by atoms with Gasteiger partial charge in [0, 0.05) is 25.2 Å². The Morgan fingerprint density at radius 3 is 2.79 bits per heavy atom. The van der Waals surface area contributed by atoms with E-state index in [2.05, 4.69) is 24.3 Å². The zero-order valence-electron chi connectivity index (χ0n) is 9.75. The predicted molar refractivity (Wildman–Crippen MR) is 59.6 cm³/mol. The molecule has 0 aromatic rings. The van der Waals surface area contributed by atoms with Crippen LogP contribution in [0.1, 0.15) is 26.2 Å². The highest BCUT2D eigenvalue weighted by molar-refractivity contribution is 4.84. The first-order valence-electron chi connectivity index (χ1n) is 5.73. The summed E-state index contributed by atoms with van der Waals surface area (Å²) in [5.74, 6) is 0. The van der Waals surface area contributed by atoms with Crippen LogP contribution in [0, 0.1) is 0 Å². The fraction of sp³-hybridized carbons (Fsp3) is 1.00. The molecule has 0 saturated heterocycles. The molecule has 84 valence electrons. The van der Waals surface area contributed by atoms with Crippen molar-refractivity contribution in [1.29, 1.82) is 0 Å². The van der Waals surface area contributed by atoms with Gasteiger partial charge in [-0.25, -0.2) is 0 Å². The number of nitrogens with one attached hydrogen (secondary N) is 1. The smallest absolute Gasteiger partial charge is 0.0593 e. The summed E-state index contributed by atoms with van der Waals surface area (Å²) in [4.78, 5) is 2.44. The summed E-state index contributed by atoms with van der Waals surface area (Å²) in [5.41, 5.74) is 0. The van der Waals surface area contributed by atoms with Crippen molar-refractivity contribution in [3.8, 4) is 0 Å². The summed E-state index contributed by atoms with van der Waals surface area (Å²) in [6.45, 7) is 4.81. The molecule has 0 radical (unpaired) electrons. The van der Waals surface area contributed by atoms with Gasteiger partial charge in [-0.3, -0.25) is 0 Å². The zero-order chi connectivity index (χ0) is 10.4. The van der Waals surface area contributed by atoms with Gasteiger partial charge in [-0.2, -0.15) is 0 Å². The van der Waals surface area contributed by atoms with E-state index in [4.69, 9.17) is 4.74 Å². The summed E-state index contributed by atoms with van der Waals surface area (Å²) in [6.07, 6.45) is 3.94. The third-order valence-electron chi connectivity index (χ3n) is 3.23. The normalized spacial score (nSPS) is 27.4. The molecule has 1 aliphatic carbocycles. The van der Waals surface area contributed by atoms with E-state index < -0.39 is 0 Å². The van der Waals surface area contributed by atoms with E-state index in [-0.39, 0.29) is 0 Å². The first-order valence-corrected chi connectivity index (χ1v) is 5.73. The highest BCUT2D eigenvalue weighted by atomic mass is 16.5. The standard InChI is InChI=1S/C11H24N2O/c1-4-14-8-7-13(3)11-6-5-10(9-11)12-2/h10-12H,4-9H2,1-3H3. The van der Waals surface area contributed by atoms with Crippen LogP contribution >= 0.6 is 0 Å². The minimum atomic E-state index is 0.731. The van der Waals surface area contributed by atoms with Crippen molar-refractivity contribution in [2.24, 2.45) is 0 Å². The molecule has 2 atom stereocenters. The van der Waals surface area contributed by atoms with Crippen LogP contribution in [-0.2, 0) is 4.74 Å². The average Bonchev–Trinajstić information content (AvgIpc) is 2.66. The molecule has 0 amide bonds. The van der Waals surface area contributed by atoms with Crippen molar-refractivity contribution < 1.29 is 4.74 Å². The lowest BCUT2D eigenvalue weighted by molar-refractivity contribution is 0.107. The molecule has 1 aliphatic rings. The van der Waals surface area contributed by atoms with E-state index in [1.54, 1.807) is 0 Å². The lowest BCUT2D eigenvalue weighted by Gasteiger charge is -2.24. The third-order valence-corrected chi connectivity index (χ3v) is 3.23. The van der Waals surface area contributed by atoms with E-state index in [0.717, 1.165) is 31.8 Å². The molecule has 0 aromatic heterocycles. The second-order valence-corrected chi connectivity index (χ2v) is 4.13. The number of nitrogens with zero attached hydrogens (tertiary/aromatic N) is 1. The molecule has 2 unspecified atom stereocenters. The molecular weight excluding hydrogens is 176 g/mol. The first-order chi connectivity index (χ1) is 6.77. The largest absolute Gasteiger partial charge is 0.380 e. The maximum atomic E-state index is 5.36.